The lowest BCUT2D eigenvalue weighted by Gasteiger charge is -2.20. The lowest BCUT2D eigenvalue weighted by Crippen LogP contribution is -2.13. The Bertz CT molecular complexity index is 1440. The molecule has 0 spiro atoms. The molecule has 0 aliphatic carbocycles. The molecule has 180 valence electrons. The Labute approximate surface area is 200 Å². The van der Waals surface area contributed by atoms with Crippen LogP contribution in [0.25, 0.3) is 22.1 Å². The van der Waals surface area contributed by atoms with Crippen molar-refractivity contribution < 1.29 is 33.6 Å². The van der Waals surface area contributed by atoms with Crippen LogP contribution in [0.4, 0.5) is 0 Å². The molecule has 8 nitrogen and oxygen atoms in total. The van der Waals surface area contributed by atoms with Crippen molar-refractivity contribution in [2.24, 2.45) is 0 Å². The van der Waals surface area contributed by atoms with Gasteiger partial charge in [0.25, 0.3) is 0 Å². The highest BCUT2D eigenvalue weighted by molar-refractivity contribution is 5.87. The largest absolute Gasteiger partial charge is 0.508 e. The maximum atomic E-state index is 13.4. The molecule has 3 aromatic carbocycles. The lowest BCUT2D eigenvalue weighted by molar-refractivity contribution is -0.140. The number of ether oxygens (including phenoxy) is 3. The molecule has 0 saturated heterocycles. The number of esters is 1. The van der Waals surface area contributed by atoms with E-state index in [9.17, 15) is 19.8 Å². The predicted molar refractivity (Wildman–Crippen MR) is 129 cm³/mol. The van der Waals surface area contributed by atoms with E-state index in [0.717, 1.165) is 0 Å². The average Bonchev–Trinajstić information content (AvgIpc) is 2.88. The van der Waals surface area contributed by atoms with Crippen LogP contribution in [-0.4, -0.2) is 37.5 Å². The van der Waals surface area contributed by atoms with Crippen LogP contribution in [0.3, 0.4) is 0 Å². The zero-order chi connectivity index (χ0) is 25.1. The van der Waals surface area contributed by atoms with Crippen LogP contribution in [0.5, 0.6) is 23.0 Å². The summed E-state index contributed by atoms with van der Waals surface area (Å²) in [6, 6.07) is 14.2. The normalized spacial score (nSPS) is 11.7. The molecule has 0 radical (unpaired) electrons. The highest BCUT2D eigenvalue weighted by Crippen LogP contribution is 2.41. The van der Waals surface area contributed by atoms with Gasteiger partial charge >= 0.3 is 5.97 Å². The van der Waals surface area contributed by atoms with Gasteiger partial charge in [0.15, 0.2) is 11.5 Å². The quantitative estimate of drug-likeness (QED) is 0.372. The molecular weight excluding hydrogens is 452 g/mol. The van der Waals surface area contributed by atoms with Crippen LogP contribution in [0.1, 0.15) is 23.5 Å². The van der Waals surface area contributed by atoms with Crippen LogP contribution in [0.2, 0.25) is 0 Å². The second kappa shape index (κ2) is 9.80. The topological polar surface area (TPSA) is 115 Å². The van der Waals surface area contributed by atoms with Crippen molar-refractivity contribution >= 4 is 16.9 Å². The summed E-state index contributed by atoms with van der Waals surface area (Å²) in [7, 11) is 4.29. The second-order valence-corrected chi connectivity index (χ2v) is 7.85. The fraction of sp³-hybridized carbons (Fsp3) is 0.185. The number of benzene rings is 3. The monoisotopic (exact) mass is 476 g/mol. The van der Waals surface area contributed by atoms with Crippen molar-refractivity contribution in [1.82, 2.24) is 0 Å². The van der Waals surface area contributed by atoms with Gasteiger partial charge in [-0.15, -0.1) is 0 Å². The molecular formula is C27H24O8. The molecule has 0 aliphatic heterocycles. The molecule has 1 heterocycles. The maximum absolute atomic E-state index is 13.4. The molecule has 0 fully saturated rings. The number of phenols is 2. The summed E-state index contributed by atoms with van der Waals surface area (Å²) in [6.07, 6.45) is 1.19. The van der Waals surface area contributed by atoms with Crippen LogP contribution < -0.4 is 14.9 Å². The van der Waals surface area contributed by atoms with Crippen LogP contribution in [0.15, 0.2) is 70.1 Å². The Hall–Kier alpha value is -4.46. The number of aromatic hydroxyl groups is 2. The summed E-state index contributed by atoms with van der Waals surface area (Å²) < 4.78 is 21.5. The minimum atomic E-state index is -0.714. The van der Waals surface area contributed by atoms with Gasteiger partial charge in [-0.05, 0) is 47.5 Å². The van der Waals surface area contributed by atoms with Crippen molar-refractivity contribution in [3.63, 3.8) is 0 Å². The van der Waals surface area contributed by atoms with E-state index < -0.39 is 11.9 Å². The van der Waals surface area contributed by atoms with E-state index in [1.54, 1.807) is 30.3 Å². The first-order valence-corrected chi connectivity index (χ1v) is 10.7. The van der Waals surface area contributed by atoms with E-state index in [-0.39, 0.29) is 39.9 Å². The molecule has 4 aromatic rings. The van der Waals surface area contributed by atoms with Crippen LogP contribution >= 0.6 is 0 Å². The summed E-state index contributed by atoms with van der Waals surface area (Å²) in [5, 5.41) is 20.7. The van der Waals surface area contributed by atoms with Gasteiger partial charge in [0, 0.05) is 11.5 Å². The minimum absolute atomic E-state index is 0.0757. The Morgan fingerprint density at radius 3 is 2.31 bits per heavy atom. The first kappa shape index (κ1) is 23.7. The Balaban J connectivity index is 1.94. The fourth-order valence-electron chi connectivity index (χ4n) is 4.09. The highest BCUT2D eigenvalue weighted by Gasteiger charge is 2.27. The summed E-state index contributed by atoms with van der Waals surface area (Å²) in [4.78, 5) is 25.7. The van der Waals surface area contributed by atoms with E-state index in [4.69, 9.17) is 18.6 Å². The van der Waals surface area contributed by atoms with Gasteiger partial charge in [0.1, 0.15) is 23.3 Å². The predicted octanol–water partition coefficient (Wildman–Crippen LogP) is 4.58. The molecule has 0 saturated carbocycles. The molecule has 0 aliphatic rings. The number of fused-ring (bicyclic) bond motifs is 1. The molecule has 0 unspecified atom stereocenters. The van der Waals surface area contributed by atoms with Gasteiger partial charge in [-0.25, -0.2) is 0 Å². The number of phenolic OH excluding ortho intramolecular Hbond substituents is 2. The molecule has 2 N–H and O–H groups in total. The SMILES string of the molecule is COC(=O)C[C@H](c1ccc(OC)c(OC)c1)c1c(O)ccc2c(=O)c(-c3ccc(O)cc3)coc12. The van der Waals surface area contributed by atoms with E-state index in [0.29, 0.717) is 28.2 Å². The number of hydrogen-bond acceptors (Lipinski definition) is 8. The second-order valence-electron chi connectivity index (χ2n) is 7.85. The van der Waals surface area contributed by atoms with E-state index in [2.05, 4.69) is 0 Å². The standard InChI is InChI=1S/C27H24O8/c1-32-22-11-6-16(12-23(22)33-2)19(13-24(30)34-3)25-21(29)10-9-18-26(31)20(14-35-27(18)25)15-4-7-17(28)8-5-15/h4-12,14,19,28-29H,13H2,1-3H3/t19-/m1/s1. The number of rotatable bonds is 7. The lowest BCUT2D eigenvalue weighted by atomic mass is 9.86. The third-order valence-corrected chi connectivity index (χ3v) is 5.89. The third kappa shape index (κ3) is 4.50. The first-order chi connectivity index (χ1) is 16.9. The smallest absolute Gasteiger partial charge is 0.306 e. The number of carbonyl (C=O) groups excluding carboxylic acids is 1. The zero-order valence-corrected chi connectivity index (χ0v) is 19.4. The van der Waals surface area contributed by atoms with Gasteiger partial charge in [-0.1, -0.05) is 18.2 Å². The van der Waals surface area contributed by atoms with Gasteiger partial charge in [-0.2, -0.15) is 0 Å². The minimum Gasteiger partial charge on any atom is -0.508 e. The molecule has 8 heteroatoms. The van der Waals surface area contributed by atoms with Crippen molar-refractivity contribution in [2.75, 3.05) is 21.3 Å². The summed E-state index contributed by atoms with van der Waals surface area (Å²) in [5.41, 5.74) is 1.60. The van der Waals surface area contributed by atoms with Crippen molar-refractivity contribution in [1.29, 1.82) is 0 Å². The summed E-state index contributed by atoms with van der Waals surface area (Å²) in [5.74, 6) is -0.345. The van der Waals surface area contributed by atoms with Gasteiger partial charge in [-0.3, -0.25) is 9.59 Å². The molecule has 0 amide bonds. The van der Waals surface area contributed by atoms with Crippen molar-refractivity contribution in [3.8, 4) is 34.1 Å². The Kier molecular flexibility index (Phi) is 6.64. The van der Waals surface area contributed by atoms with Crippen molar-refractivity contribution in [3.05, 3.63) is 82.2 Å². The summed E-state index contributed by atoms with van der Waals surface area (Å²) >= 11 is 0. The van der Waals surface area contributed by atoms with Gasteiger partial charge < -0.3 is 28.8 Å². The first-order valence-electron chi connectivity index (χ1n) is 10.7. The third-order valence-electron chi connectivity index (χ3n) is 5.89. The van der Waals surface area contributed by atoms with Gasteiger partial charge in [0.05, 0.1) is 38.7 Å². The summed E-state index contributed by atoms with van der Waals surface area (Å²) in [6.45, 7) is 0. The van der Waals surface area contributed by atoms with Crippen LogP contribution in [0, 0.1) is 0 Å². The fourth-order valence-corrected chi connectivity index (χ4v) is 4.09. The van der Waals surface area contributed by atoms with E-state index in [1.807, 2.05) is 0 Å². The maximum Gasteiger partial charge on any atom is 0.306 e. The zero-order valence-electron chi connectivity index (χ0n) is 19.4. The number of methoxy groups -OCH3 is 3. The van der Waals surface area contributed by atoms with Gasteiger partial charge in [0.2, 0.25) is 5.43 Å². The van der Waals surface area contributed by atoms with E-state index in [1.165, 1.54) is 51.9 Å². The van der Waals surface area contributed by atoms with Crippen molar-refractivity contribution in [2.45, 2.75) is 12.3 Å². The average molecular weight is 476 g/mol. The molecule has 0 bridgehead atoms. The highest BCUT2D eigenvalue weighted by atomic mass is 16.5. The molecule has 1 atom stereocenters. The number of hydrogen-bond donors (Lipinski definition) is 2. The van der Waals surface area contributed by atoms with Crippen LogP contribution in [-0.2, 0) is 9.53 Å². The molecule has 1 aromatic heterocycles. The molecule has 35 heavy (non-hydrogen) atoms. The Morgan fingerprint density at radius 1 is 0.943 bits per heavy atom. The Morgan fingerprint density at radius 2 is 1.66 bits per heavy atom. The number of carbonyl (C=O) groups is 1. The molecule has 4 rings (SSSR count). The van der Waals surface area contributed by atoms with E-state index >= 15 is 0 Å².